The van der Waals surface area contributed by atoms with Crippen LogP contribution in [0.15, 0.2) is 30.5 Å². The molecule has 2 atom stereocenters. The highest BCUT2D eigenvalue weighted by molar-refractivity contribution is 5.78. The predicted octanol–water partition coefficient (Wildman–Crippen LogP) is 2.65. The summed E-state index contributed by atoms with van der Waals surface area (Å²) in [5.41, 5.74) is 3.52. The summed E-state index contributed by atoms with van der Waals surface area (Å²) in [4.78, 5) is 15.0. The van der Waals surface area contributed by atoms with Crippen LogP contribution in [0.25, 0.3) is 0 Å². The van der Waals surface area contributed by atoms with Gasteiger partial charge in [-0.05, 0) is 30.9 Å². The first-order valence-electron chi connectivity index (χ1n) is 8.63. The maximum absolute atomic E-state index is 12.9. The molecule has 0 saturated carbocycles. The molecule has 2 bridgehead atoms. The number of para-hydroxylation sites is 1. The quantitative estimate of drug-likeness (QED) is 0.868. The van der Waals surface area contributed by atoms with Crippen molar-refractivity contribution >= 4 is 5.91 Å². The van der Waals surface area contributed by atoms with Crippen molar-refractivity contribution < 1.29 is 9.53 Å². The van der Waals surface area contributed by atoms with Crippen LogP contribution in [-0.2, 0) is 24.7 Å². The first-order chi connectivity index (χ1) is 11.7. The Morgan fingerprint density at radius 1 is 1.33 bits per heavy atom. The highest BCUT2D eigenvalue weighted by atomic mass is 16.5. The minimum Gasteiger partial charge on any atom is -0.496 e. The second-order valence-electron chi connectivity index (χ2n) is 6.77. The molecule has 2 aliphatic rings. The average Bonchev–Trinajstić information content (AvgIpc) is 3.13. The molecule has 0 N–H and O–H groups in total. The normalized spacial score (nSPS) is 21.7. The molecule has 1 saturated heterocycles. The van der Waals surface area contributed by atoms with E-state index in [0.29, 0.717) is 12.5 Å². The fourth-order valence-corrected chi connectivity index (χ4v) is 4.26. The van der Waals surface area contributed by atoms with Gasteiger partial charge in [-0.15, -0.1) is 0 Å². The van der Waals surface area contributed by atoms with Crippen molar-refractivity contribution in [3.63, 3.8) is 0 Å². The lowest BCUT2D eigenvalue weighted by Gasteiger charge is -2.34. The van der Waals surface area contributed by atoms with Gasteiger partial charge in [-0.25, -0.2) is 0 Å². The van der Waals surface area contributed by atoms with Crippen LogP contribution < -0.4 is 4.74 Å². The maximum Gasteiger partial charge on any atom is 0.223 e. The number of fused-ring (bicyclic) bond motifs is 4. The summed E-state index contributed by atoms with van der Waals surface area (Å²) < 4.78 is 7.27. The Hall–Kier alpha value is -2.30. The van der Waals surface area contributed by atoms with E-state index in [1.807, 2.05) is 36.0 Å². The molecule has 2 aromatic rings. The van der Waals surface area contributed by atoms with Gasteiger partial charge in [0.2, 0.25) is 5.91 Å². The van der Waals surface area contributed by atoms with Crippen molar-refractivity contribution in [2.24, 2.45) is 7.05 Å². The topological polar surface area (TPSA) is 47.4 Å². The molecule has 1 fully saturated rings. The molecule has 0 unspecified atom stereocenters. The average molecular weight is 325 g/mol. The molecule has 126 valence electrons. The SMILES string of the molecule is COc1ccccc1CCC(=O)N1[C@H]2CC[C@H]1c1cn(C)nc1C2. The van der Waals surface area contributed by atoms with Gasteiger partial charge >= 0.3 is 0 Å². The van der Waals surface area contributed by atoms with Crippen LogP contribution in [0.3, 0.4) is 0 Å². The molecule has 1 aromatic carbocycles. The Morgan fingerprint density at radius 2 is 2.17 bits per heavy atom. The molecule has 1 aromatic heterocycles. The van der Waals surface area contributed by atoms with E-state index in [-0.39, 0.29) is 11.9 Å². The van der Waals surface area contributed by atoms with E-state index in [4.69, 9.17) is 4.74 Å². The number of hydrogen-bond acceptors (Lipinski definition) is 3. The lowest BCUT2D eigenvalue weighted by molar-refractivity contribution is -0.134. The number of ether oxygens (including phenoxy) is 1. The highest BCUT2D eigenvalue weighted by Gasteiger charge is 2.43. The fraction of sp³-hybridized carbons (Fsp3) is 0.474. The first-order valence-corrected chi connectivity index (χ1v) is 8.63. The van der Waals surface area contributed by atoms with Gasteiger partial charge in [0.25, 0.3) is 0 Å². The fourth-order valence-electron chi connectivity index (χ4n) is 4.26. The number of carbonyl (C=O) groups is 1. The van der Waals surface area contributed by atoms with Crippen LogP contribution in [0.1, 0.15) is 42.1 Å². The number of carbonyl (C=O) groups excluding carboxylic acids is 1. The zero-order chi connectivity index (χ0) is 16.7. The van der Waals surface area contributed by atoms with Gasteiger partial charge < -0.3 is 9.64 Å². The molecule has 24 heavy (non-hydrogen) atoms. The molecule has 0 spiro atoms. The molecular formula is C19H23N3O2. The van der Waals surface area contributed by atoms with Crippen molar-refractivity contribution in [2.45, 2.75) is 44.2 Å². The van der Waals surface area contributed by atoms with Crippen molar-refractivity contribution in [2.75, 3.05) is 7.11 Å². The third kappa shape index (κ3) is 2.48. The van der Waals surface area contributed by atoms with Crippen LogP contribution in [0.5, 0.6) is 5.75 Å². The molecule has 3 heterocycles. The number of benzene rings is 1. The van der Waals surface area contributed by atoms with Gasteiger partial charge in [0, 0.05) is 37.7 Å². The van der Waals surface area contributed by atoms with Crippen LogP contribution in [0.2, 0.25) is 0 Å². The standard InChI is InChI=1S/C19H23N3O2/c1-21-12-15-16(20-21)11-14-8-9-17(15)22(14)19(23)10-7-13-5-3-4-6-18(13)24-2/h3-6,12,14,17H,7-11H2,1-2H3/t14-,17-/m0/s1. The van der Waals surface area contributed by atoms with Crippen molar-refractivity contribution in [1.29, 1.82) is 0 Å². The Labute approximate surface area is 142 Å². The number of nitrogens with zero attached hydrogens (tertiary/aromatic N) is 3. The number of aromatic nitrogens is 2. The lowest BCUT2D eigenvalue weighted by atomic mass is 9.99. The summed E-state index contributed by atoms with van der Waals surface area (Å²) in [5.74, 6) is 1.12. The summed E-state index contributed by atoms with van der Waals surface area (Å²) in [5, 5.41) is 4.56. The van der Waals surface area contributed by atoms with Crippen LogP contribution in [-0.4, -0.2) is 33.7 Å². The monoisotopic (exact) mass is 325 g/mol. The van der Waals surface area contributed by atoms with E-state index in [1.54, 1.807) is 7.11 Å². The van der Waals surface area contributed by atoms with Crippen molar-refractivity contribution in [3.05, 3.63) is 47.3 Å². The van der Waals surface area contributed by atoms with E-state index in [1.165, 1.54) is 11.3 Å². The molecule has 5 heteroatoms. The van der Waals surface area contributed by atoms with Gasteiger partial charge in [0.15, 0.2) is 0 Å². The van der Waals surface area contributed by atoms with E-state index >= 15 is 0 Å². The lowest BCUT2D eigenvalue weighted by Crippen LogP contribution is -2.41. The first kappa shape index (κ1) is 15.2. The van der Waals surface area contributed by atoms with Gasteiger partial charge in [0.05, 0.1) is 18.8 Å². The van der Waals surface area contributed by atoms with Crippen molar-refractivity contribution in [1.82, 2.24) is 14.7 Å². The number of hydrogen-bond donors (Lipinski definition) is 0. The zero-order valence-corrected chi connectivity index (χ0v) is 14.2. The smallest absolute Gasteiger partial charge is 0.223 e. The van der Waals surface area contributed by atoms with Crippen LogP contribution >= 0.6 is 0 Å². The second kappa shape index (κ2) is 5.96. The minimum absolute atomic E-state index is 0.220. The number of rotatable bonds is 4. The molecule has 4 rings (SSSR count). The zero-order valence-electron chi connectivity index (χ0n) is 14.2. The predicted molar refractivity (Wildman–Crippen MR) is 90.8 cm³/mol. The molecule has 5 nitrogen and oxygen atoms in total. The minimum atomic E-state index is 0.220. The van der Waals surface area contributed by atoms with Gasteiger partial charge in [0.1, 0.15) is 5.75 Å². The van der Waals surface area contributed by atoms with Gasteiger partial charge in [-0.3, -0.25) is 9.48 Å². The van der Waals surface area contributed by atoms with Crippen LogP contribution in [0, 0.1) is 0 Å². The van der Waals surface area contributed by atoms with E-state index in [2.05, 4.69) is 16.2 Å². The van der Waals surface area contributed by atoms with Gasteiger partial charge in [-0.2, -0.15) is 5.10 Å². The third-order valence-corrected chi connectivity index (χ3v) is 5.32. The van der Waals surface area contributed by atoms with E-state index in [0.717, 1.165) is 37.0 Å². The van der Waals surface area contributed by atoms with Crippen molar-refractivity contribution in [3.8, 4) is 5.75 Å². The largest absolute Gasteiger partial charge is 0.496 e. The molecule has 0 radical (unpaired) electrons. The number of aryl methyl sites for hydroxylation is 2. The Bertz CT molecular complexity index is 768. The summed E-state index contributed by atoms with van der Waals surface area (Å²) in [7, 11) is 3.63. The molecule has 1 amide bonds. The van der Waals surface area contributed by atoms with E-state index < -0.39 is 0 Å². The summed E-state index contributed by atoms with van der Waals surface area (Å²) in [6.45, 7) is 0. The molecular weight excluding hydrogens is 302 g/mol. The summed E-state index contributed by atoms with van der Waals surface area (Å²) in [6, 6.07) is 8.48. The van der Waals surface area contributed by atoms with Gasteiger partial charge in [-0.1, -0.05) is 18.2 Å². The maximum atomic E-state index is 12.9. The highest BCUT2D eigenvalue weighted by Crippen LogP contribution is 2.43. The summed E-state index contributed by atoms with van der Waals surface area (Å²) in [6.07, 6.45) is 6.38. The Morgan fingerprint density at radius 3 is 3.00 bits per heavy atom. The Balaban J connectivity index is 1.49. The summed E-state index contributed by atoms with van der Waals surface area (Å²) >= 11 is 0. The molecule has 2 aliphatic heterocycles. The number of methoxy groups -OCH3 is 1. The second-order valence-corrected chi connectivity index (χ2v) is 6.77. The third-order valence-electron chi connectivity index (χ3n) is 5.32. The Kier molecular flexibility index (Phi) is 3.79. The van der Waals surface area contributed by atoms with E-state index in [9.17, 15) is 4.79 Å². The van der Waals surface area contributed by atoms with Crippen LogP contribution in [0.4, 0.5) is 0 Å². The number of amides is 1. The molecule has 0 aliphatic carbocycles.